The summed E-state index contributed by atoms with van der Waals surface area (Å²) in [6.45, 7) is 6.91. The molecule has 1 fully saturated rings. The topological polar surface area (TPSA) is 56.6 Å². The quantitative estimate of drug-likeness (QED) is 0.814. The van der Waals surface area contributed by atoms with Crippen LogP contribution in [0.4, 0.5) is 4.79 Å². The van der Waals surface area contributed by atoms with E-state index in [0.29, 0.717) is 19.1 Å². The van der Waals surface area contributed by atoms with E-state index in [1.807, 2.05) is 38.6 Å². The molecule has 1 aromatic rings. The van der Waals surface area contributed by atoms with Crippen LogP contribution in [0.15, 0.2) is 10.8 Å². The van der Waals surface area contributed by atoms with E-state index in [1.165, 1.54) is 0 Å². The molecule has 1 saturated heterocycles. The van der Waals surface area contributed by atoms with Crippen LogP contribution >= 0.6 is 15.9 Å². The van der Waals surface area contributed by atoms with Crippen molar-refractivity contribution in [2.24, 2.45) is 7.05 Å². The molecule has 21 heavy (non-hydrogen) atoms. The van der Waals surface area contributed by atoms with Crippen molar-refractivity contribution in [1.29, 1.82) is 0 Å². The number of halogens is 1. The first-order chi connectivity index (χ1) is 9.74. The molecule has 0 aromatic carbocycles. The third-order valence-corrected chi connectivity index (χ3v) is 3.55. The van der Waals surface area contributed by atoms with Crippen molar-refractivity contribution in [2.75, 3.05) is 13.1 Å². The molecule has 0 spiro atoms. The summed E-state index contributed by atoms with van der Waals surface area (Å²) in [5.74, 6) is 0. The lowest BCUT2D eigenvalue weighted by Crippen LogP contribution is -2.44. The number of amides is 1. The molecule has 0 bridgehead atoms. The van der Waals surface area contributed by atoms with Crippen molar-refractivity contribution in [3.05, 3.63) is 10.8 Å². The van der Waals surface area contributed by atoms with Crippen molar-refractivity contribution >= 4 is 22.0 Å². The maximum Gasteiger partial charge on any atom is 0.410 e. The van der Waals surface area contributed by atoms with Crippen LogP contribution in [0.2, 0.25) is 0 Å². The summed E-state index contributed by atoms with van der Waals surface area (Å²) in [6, 6.07) is 0.595. The molecule has 0 aliphatic carbocycles. The zero-order valence-electron chi connectivity index (χ0n) is 12.9. The Morgan fingerprint density at radius 3 is 2.48 bits per heavy atom. The minimum absolute atomic E-state index is 0.0803. The number of likely N-dealkylation sites (tertiary alicyclic amines) is 1. The predicted octanol–water partition coefficient (Wildman–Crippen LogP) is 2.96. The molecule has 0 radical (unpaired) electrons. The molecular formula is C14H22BrN3O3. The van der Waals surface area contributed by atoms with Gasteiger partial charge in [-0.05, 0) is 36.7 Å². The molecule has 2 heterocycles. The van der Waals surface area contributed by atoms with Gasteiger partial charge in [0.1, 0.15) is 16.3 Å². The lowest BCUT2D eigenvalue weighted by atomic mass is 10.1. The standard InChI is InChI=1S/C14H22BrN3O3/c1-14(2,3)21-13(19)18-7-5-10(6-8-18)20-12-16-11(15)9-17(12)4/h9-10H,5-8H2,1-4H3. The highest BCUT2D eigenvalue weighted by molar-refractivity contribution is 9.10. The summed E-state index contributed by atoms with van der Waals surface area (Å²) in [5, 5.41) is 0. The number of hydrogen-bond acceptors (Lipinski definition) is 4. The van der Waals surface area contributed by atoms with Crippen LogP contribution in [0.1, 0.15) is 33.6 Å². The molecule has 6 nitrogen and oxygen atoms in total. The maximum atomic E-state index is 12.0. The molecule has 0 saturated carbocycles. The zero-order chi connectivity index (χ0) is 15.6. The van der Waals surface area contributed by atoms with Gasteiger partial charge in [-0.1, -0.05) is 0 Å². The van der Waals surface area contributed by atoms with E-state index in [9.17, 15) is 4.79 Å². The number of carbonyl (C=O) groups excluding carboxylic acids is 1. The van der Waals surface area contributed by atoms with Gasteiger partial charge in [-0.15, -0.1) is 0 Å². The number of nitrogens with zero attached hydrogens (tertiary/aromatic N) is 3. The second-order valence-corrected chi connectivity index (χ2v) is 7.05. The van der Waals surface area contributed by atoms with Gasteiger partial charge in [0, 0.05) is 39.2 Å². The molecule has 0 N–H and O–H groups in total. The summed E-state index contributed by atoms with van der Waals surface area (Å²) in [4.78, 5) is 18.0. The fourth-order valence-corrected chi connectivity index (χ4v) is 2.61. The van der Waals surface area contributed by atoms with Crippen molar-refractivity contribution in [2.45, 2.75) is 45.3 Å². The Morgan fingerprint density at radius 1 is 1.38 bits per heavy atom. The fraction of sp³-hybridized carbons (Fsp3) is 0.714. The van der Waals surface area contributed by atoms with E-state index in [2.05, 4.69) is 20.9 Å². The molecule has 1 aliphatic heterocycles. The minimum Gasteiger partial charge on any atom is -0.461 e. The van der Waals surface area contributed by atoms with Gasteiger partial charge in [0.15, 0.2) is 0 Å². The summed E-state index contributed by atoms with van der Waals surface area (Å²) in [5.41, 5.74) is -0.455. The zero-order valence-corrected chi connectivity index (χ0v) is 14.5. The van der Waals surface area contributed by atoms with E-state index >= 15 is 0 Å². The molecule has 7 heteroatoms. The molecule has 2 rings (SSSR count). The van der Waals surface area contributed by atoms with E-state index in [-0.39, 0.29) is 12.2 Å². The molecular weight excluding hydrogens is 338 g/mol. The average Bonchev–Trinajstić information content (AvgIpc) is 2.66. The van der Waals surface area contributed by atoms with Gasteiger partial charge < -0.3 is 18.9 Å². The van der Waals surface area contributed by atoms with Crippen molar-refractivity contribution in [3.8, 4) is 6.01 Å². The summed E-state index contributed by atoms with van der Waals surface area (Å²) in [6.07, 6.45) is 3.25. The largest absolute Gasteiger partial charge is 0.461 e. The predicted molar refractivity (Wildman–Crippen MR) is 82.4 cm³/mol. The Labute approximate surface area is 133 Å². The normalized spacial score (nSPS) is 16.9. The van der Waals surface area contributed by atoms with Gasteiger partial charge >= 0.3 is 6.09 Å². The molecule has 0 unspecified atom stereocenters. The van der Waals surface area contributed by atoms with E-state index < -0.39 is 5.60 Å². The second-order valence-electron chi connectivity index (χ2n) is 6.24. The average molecular weight is 360 g/mol. The SMILES string of the molecule is Cn1cc(Br)nc1OC1CCN(C(=O)OC(C)(C)C)CC1. The fourth-order valence-electron chi connectivity index (χ4n) is 2.16. The van der Waals surface area contributed by atoms with Crippen LogP contribution in [-0.4, -0.2) is 45.3 Å². The molecule has 1 aromatic heterocycles. The van der Waals surface area contributed by atoms with Crippen LogP contribution in [0.5, 0.6) is 6.01 Å². The Balaban J connectivity index is 1.83. The number of ether oxygens (including phenoxy) is 2. The van der Waals surface area contributed by atoms with Crippen molar-refractivity contribution in [1.82, 2.24) is 14.5 Å². The van der Waals surface area contributed by atoms with Crippen molar-refractivity contribution in [3.63, 3.8) is 0 Å². The molecule has 1 amide bonds. The number of aryl methyl sites for hydroxylation is 1. The second kappa shape index (κ2) is 6.25. The van der Waals surface area contributed by atoms with Crippen LogP contribution in [0.25, 0.3) is 0 Å². The first-order valence-corrected chi connectivity index (χ1v) is 7.87. The number of aromatic nitrogens is 2. The van der Waals surface area contributed by atoms with E-state index in [4.69, 9.17) is 9.47 Å². The van der Waals surface area contributed by atoms with Gasteiger partial charge in [0.2, 0.25) is 0 Å². The lowest BCUT2D eigenvalue weighted by molar-refractivity contribution is 0.0116. The first-order valence-electron chi connectivity index (χ1n) is 7.08. The van der Waals surface area contributed by atoms with Crippen LogP contribution < -0.4 is 4.74 Å². The third kappa shape index (κ3) is 4.62. The monoisotopic (exact) mass is 359 g/mol. The number of piperidine rings is 1. The molecule has 0 atom stereocenters. The van der Waals surface area contributed by atoms with Gasteiger partial charge in [0.25, 0.3) is 6.01 Å². The van der Waals surface area contributed by atoms with Crippen LogP contribution in [0.3, 0.4) is 0 Å². The number of rotatable bonds is 2. The van der Waals surface area contributed by atoms with E-state index in [1.54, 1.807) is 4.90 Å². The van der Waals surface area contributed by atoms with Crippen LogP contribution in [0, 0.1) is 0 Å². The van der Waals surface area contributed by atoms with Gasteiger partial charge in [-0.25, -0.2) is 4.79 Å². The van der Waals surface area contributed by atoms with Gasteiger partial charge in [0.05, 0.1) is 0 Å². The molecule has 1 aliphatic rings. The number of imidazole rings is 1. The van der Waals surface area contributed by atoms with Gasteiger partial charge in [-0.3, -0.25) is 0 Å². The third-order valence-electron chi connectivity index (χ3n) is 3.17. The van der Waals surface area contributed by atoms with Crippen LogP contribution in [-0.2, 0) is 11.8 Å². The van der Waals surface area contributed by atoms with Gasteiger partial charge in [-0.2, -0.15) is 4.98 Å². The maximum absolute atomic E-state index is 12.0. The summed E-state index contributed by atoms with van der Waals surface area (Å²) < 4.78 is 13.8. The Hall–Kier alpha value is -1.24. The first kappa shape index (κ1) is 16.1. The lowest BCUT2D eigenvalue weighted by Gasteiger charge is -2.33. The number of carbonyl (C=O) groups is 1. The highest BCUT2D eigenvalue weighted by Crippen LogP contribution is 2.21. The number of hydrogen-bond donors (Lipinski definition) is 0. The highest BCUT2D eigenvalue weighted by atomic mass is 79.9. The Morgan fingerprint density at radius 2 is 2.00 bits per heavy atom. The highest BCUT2D eigenvalue weighted by Gasteiger charge is 2.28. The Kier molecular flexibility index (Phi) is 4.81. The van der Waals surface area contributed by atoms with E-state index in [0.717, 1.165) is 17.4 Å². The molecule has 118 valence electrons. The summed E-state index contributed by atoms with van der Waals surface area (Å²) in [7, 11) is 1.89. The minimum atomic E-state index is -0.455. The summed E-state index contributed by atoms with van der Waals surface area (Å²) >= 11 is 3.32. The van der Waals surface area contributed by atoms with Crippen molar-refractivity contribution < 1.29 is 14.3 Å². The smallest absolute Gasteiger partial charge is 0.410 e. The Bertz CT molecular complexity index is 502.